The molecule has 5 nitrogen and oxygen atoms in total. The number of carbonyl (C=O) groups excluding carboxylic acids is 1. The minimum Gasteiger partial charge on any atom is -0.345 e. The highest BCUT2D eigenvalue weighted by atomic mass is 32.2. The summed E-state index contributed by atoms with van der Waals surface area (Å²) in [5.74, 6) is -0.743. The first-order valence-electron chi connectivity index (χ1n) is 8.48. The van der Waals surface area contributed by atoms with Crippen molar-refractivity contribution < 1.29 is 17.6 Å². The fourth-order valence-electron chi connectivity index (χ4n) is 2.70. The molecule has 0 aliphatic heterocycles. The van der Waals surface area contributed by atoms with E-state index in [1.807, 2.05) is 0 Å². The normalized spacial score (nSPS) is 12.4. The molecular formula is C20H19FN2O3S2. The molecule has 3 aromatic rings. The number of sulfonamides is 1. The molecule has 28 heavy (non-hydrogen) atoms. The summed E-state index contributed by atoms with van der Waals surface area (Å²) in [5, 5.41) is 4.50. The van der Waals surface area contributed by atoms with Gasteiger partial charge >= 0.3 is 0 Å². The van der Waals surface area contributed by atoms with E-state index in [1.54, 1.807) is 48.7 Å². The Balaban J connectivity index is 1.83. The molecule has 2 aromatic carbocycles. The molecule has 1 amide bonds. The monoisotopic (exact) mass is 418 g/mol. The average molecular weight is 419 g/mol. The Labute approximate surface area is 167 Å². The van der Waals surface area contributed by atoms with Crippen molar-refractivity contribution in [2.24, 2.45) is 0 Å². The summed E-state index contributed by atoms with van der Waals surface area (Å²) < 4.78 is 39.9. The van der Waals surface area contributed by atoms with E-state index in [0.717, 1.165) is 21.2 Å². The van der Waals surface area contributed by atoms with Crippen LogP contribution in [0.4, 0.5) is 10.1 Å². The molecule has 8 heteroatoms. The topological polar surface area (TPSA) is 66.5 Å². The Morgan fingerprint density at radius 1 is 1.07 bits per heavy atom. The molecule has 0 bridgehead atoms. The molecule has 0 aliphatic carbocycles. The van der Waals surface area contributed by atoms with E-state index >= 15 is 0 Å². The summed E-state index contributed by atoms with van der Waals surface area (Å²) in [5.41, 5.74) is 1.05. The van der Waals surface area contributed by atoms with Gasteiger partial charge in [-0.1, -0.05) is 30.3 Å². The zero-order valence-corrected chi connectivity index (χ0v) is 16.9. The molecular weight excluding hydrogens is 399 g/mol. The molecule has 0 saturated heterocycles. The van der Waals surface area contributed by atoms with Gasteiger partial charge < -0.3 is 5.32 Å². The van der Waals surface area contributed by atoms with E-state index in [-0.39, 0.29) is 21.6 Å². The van der Waals surface area contributed by atoms with Crippen LogP contribution in [0.5, 0.6) is 0 Å². The lowest BCUT2D eigenvalue weighted by atomic mass is 10.1. The van der Waals surface area contributed by atoms with Crippen molar-refractivity contribution >= 4 is 33.0 Å². The highest BCUT2D eigenvalue weighted by molar-refractivity contribution is 7.92. The lowest BCUT2D eigenvalue weighted by molar-refractivity contribution is 0.0944. The van der Waals surface area contributed by atoms with Crippen molar-refractivity contribution in [1.82, 2.24) is 5.32 Å². The maximum atomic E-state index is 13.1. The zero-order chi connectivity index (χ0) is 20.3. The molecule has 1 atom stereocenters. The number of benzene rings is 2. The fourth-order valence-corrected chi connectivity index (χ4v) is 4.81. The molecule has 0 radical (unpaired) electrons. The molecule has 1 N–H and O–H groups in total. The smallest absolute Gasteiger partial charge is 0.264 e. The maximum absolute atomic E-state index is 13.1. The largest absolute Gasteiger partial charge is 0.345 e. The van der Waals surface area contributed by atoms with Gasteiger partial charge in [-0.2, -0.15) is 0 Å². The van der Waals surface area contributed by atoms with Crippen molar-refractivity contribution in [2.45, 2.75) is 17.9 Å². The van der Waals surface area contributed by atoms with Gasteiger partial charge in [-0.15, -0.1) is 11.3 Å². The number of anilines is 1. The van der Waals surface area contributed by atoms with Gasteiger partial charge in [-0.3, -0.25) is 9.10 Å². The standard InChI is InChI=1S/C20H19FN2O3S2/c1-14(15-8-10-16(21)11-9-15)22-20(24)19-18(12-13-27-19)23(2)28(25,26)17-6-4-3-5-7-17/h3-14H,1-2H3,(H,22,24)/t14-/m1/s1. The summed E-state index contributed by atoms with van der Waals surface area (Å²) in [7, 11) is -2.36. The number of hydrogen-bond donors (Lipinski definition) is 1. The average Bonchev–Trinajstić information content (AvgIpc) is 3.18. The number of carbonyl (C=O) groups is 1. The SMILES string of the molecule is C[C@@H](NC(=O)c1sccc1N(C)S(=O)(=O)c1ccccc1)c1ccc(F)cc1. The third-order valence-electron chi connectivity index (χ3n) is 4.31. The summed E-state index contributed by atoms with van der Waals surface area (Å²) in [6.45, 7) is 1.78. The lowest BCUT2D eigenvalue weighted by Gasteiger charge is -2.20. The highest BCUT2D eigenvalue weighted by Gasteiger charge is 2.26. The minimum absolute atomic E-state index is 0.148. The van der Waals surface area contributed by atoms with Crippen LogP contribution in [-0.4, -0.2) is 21.4 Å². The molecule has 146 valence electrons. The second kappa shape index (κ2) is 8.12. The van der Waals surface area contributed by atoms with E-state index in [9.17, 15) is 17.6 Å². The van der Waals surface area contributed by atoms with Crippen LogP contribution in [0.25, 0.3) is 0 Å². The van der Waals surface area contributed by atoms with Gasteiger partial charge in [-0.25, -0.2) is 12.8 Å². The van der Waals surface area contributed by atoms with Gasteiger partial charge in [0.15, 0.2) is 0 Å². The van der Waals surface area contributed by atoms with E-state index in [1.165, 1.54) is 31.3 Å². The van der Waals surface area contributed by atoms with Crippen LogP contribution >= 0.6 is 11.3 Å². The fraction of sp³-hybridized carbons (Fsp3) is 0.150. The number of nitrogens with zero attached hydrogens (tertiary/aromatic N) is 1. The van der Waals surface area contributed by atoms with Crippen LogP contribution in [-0.2, 0) is 10.0 Å². The molecule has 0 aliphatic rings. The van der Waals surface area contributed by atoms with Crippen LogP contribution < -0.4 is 9.62 Å². The Morgan fingerprint density at radius 2 is 1.71 bits per heavy atom. The summed E-state index contributed by atoms with van der Waals surface area (Å²) >= 11 is 1.16. The van der Waals surface area contributed by atoms with Gasteiger partial charge in [0.25, 0.3) is 15.9 Å². The van der Waals surface area contributed by atoms with Crippen LogP contribution in [0.3, 0.4) is 0 Å². The molecule has 0 spiro atoms. The predicted octanol–water partition coefficient (Wildman–Crippen LogP) is 4.20. The zero-order valence-electron chi connectivity index (χ0n) is 15.3. The van der Waals surface area contributed by atoms with Crippen LogP contribution in [0.15, 0.2) is 70.9 Å². The van der Waals surface area contributed by atoms with Crippen molar-refractivity contribution in [3.8, 4) is 0 Å². The second-order valence-electron chi connectivity index (χ2n) is 6.17. The summed E-state index contributed by atoms with van der Waals surface area (Å²) in [6.07, 6.45) is 0. The van der Waals surface area contributed by atoms with Crippen LogP contribution in [0.2, 0.25) is 0 Å². The molecule has 1 aromatic heterocycles. The number of nitrogens with one attached hydrogen (secondary N) is 1. The van der Waals surface area contributed by atoms with Gasteiger partial charge in [0, 0.05) is 7.05 Å². The number of hydrogen-bond acceptors (Lipinski definition) is 4. The number of thiophene rings is 1. The predicted molar refractivity (Wildman–Crippen MR) is 109 cm³/mol. The van der Waals surface area contributed by atoms with Gasteiger partial charge in [0.2, 0.25) is 0 Å². The second-order valence-corrected chi connectivity index (χ2v) is 9.05. The van der Waals surface area contributed by atoms with Gasteiger partial charge in [-0.05, 0) is 48.2 Å². The number of rotatable bonds is 6. The molecule has 0 unspecified atom stereocenters. The number of halogens is 1. The Hall–Kier alpha value is -2.71. The van der Waals surface area contributed by atoms with E-state index in [2.05, 4.69) is 5.32 Å². The molecule has 1 heterocycles. The Morgan fingerprint density at radius 3 is 2.36 bits per heavy atom. The first kappa shape index (κ1) is 20.0. The van der Waals surface area contributed by atoms with Gasteiger partial charge in [0.1, 0.15) is 10.7 Å². The van der Waals surface area contributed by atoms with Crippen molar-refractivity contribution in [3.63, 3.8) is 0 Å². The summed E-state index contributed by atoms with van der Waals surface area (Å²) in [4.78, 5) is 13.2. The van der Waals surface area contributed by atoms with Crippen LogP contribution in [0.1, 0.15) is 28.2 Å². The minimum atomic E-state index is -3.79. The van der Waals surface area contributed by atoms with Crippen molar-refractivity contribution in [1.29, 1.82) is 0 Å². The van der Waals surface area contributed by atoms with Crippen molar-refractivity contribution in [3.05, 3.63) is 82.3 Å². The number of amides is 1. The van der Waals surface area contributed by atoms with Crippen molar-refractivity contribution in [2.75, 3.05) is 11.4 Å². The Bertz CT molecular complexity index is 1060. The highest BCUT2D eigenvalue weighted by Crippen LogP contribution is 2.30. The van der Waals surface area contributed by atoms with E-state index in [4.69, 9.17) is 0 Å². The van der Waals surface area contributed by atoms with Crippen LogP contribution in [0, 0.1) is 5.82 Å². The van der Waals surface area contributed by atoms with E-state index < -0.39 is 15.9 Å². The lowest BCUT2D eigenvalue weighted by Crippen LogP contribution is -2.30. The summed E-state index contributed by atoms with van der Waals surface area (Å²) in [6, 6.07) is 15.1. The molecule has 3 rings (SSSR count). The first-order valence-corrected chi connectivity index (χ1v) is 10.8. The molecule has 0 fully saturated rings. The Kier molecular flexibility index (Phi) is 5.81. The third-order valence-corrected chi connectivity index (χ3v) is 7.00. The molecule has 0 saturated carbocycles. The third kappa shape index (κ3) is 4.07. The van der Waals surface area contributed by atoms with Gasteiger partial charge in [0.05, 0.1) is 16.6 Å². The quantitative estimate of drug-likeness (QED) is 0.652. The first-order chi connectivity index (χ1) is 13.3. The maximum Gasteiger partial charge on any atom is 0.264 e. The van der Waals surface area contributed by atoms with E-state index in [0.29, 0.717) is 5.69 Å².